The lowest BCUT2D eigenvalue weighted by Gasteiger charge is -2.23. The number of rotatable bonds is 3. The molecule has 26 heavy (non-hydrogen) atoms. The maximum absolute atomic E-state index is 13.2. The standard InChI is InChI=1S/C18H17ClN2O4S/c1-25-13-8-6-12(7-9-13)20-16-10-26(23,24)11-17(16)21(18(20)22)15-5-3-2-4-14(15)19/h2-9,16-17H,10-11H2,1H3/t16-,17+/m0/s1. The van der Waals surface area contributed by atoms with Crippen molar-refractivity contribution in [3.63, 3.8) is 0 Å². The zero-order valence-corrected chi connectivity index (χ0v) is 15.6. The topological polar surface area (TPSA) is 66.9 Å². The summed E-state index contributed by atoms with van der Waals surface area (Å²) in [6.45, 7) is 0. The first-order chi connectivity index (χ1) is 12.4. The van der Waals surface area contributed by atoms with Crippen molar-refractivity contribution in [2.45, 2.75) is 12.1 Å². The third-order valence-corrected chi connectivity index (χ3v) is 6.85. The number of carbonyl (C=O) groups excluding carboxylic acids is 1. The van der Waals surface area contributed by atoms with Crippen LogP contribution in [0.1, 0.15) is 0 Å². The van der Waals surface area contributed by atoms with Crippen LogP contribution >= 0.6 is 11.6 Å². The van der Waals surface area contributed by atoms with Crippen LogP contribution in [0.3, 0.4) is 0 Å². The predicted octanol–water partition coefficient (Wildman–Crippen LogP) is 2.96. The molecule has 6 nitrogen and oxygen atoms in total. The van der Waals surface area contributed by atoms with Crippen molar-refractivity contribution in [1.82, 2.24) is 0 Å². The summed E-state index contributed by atoms with van der Waals surface area (Å²) in [5, 5.41) is 0.417. The second kappa shape index (κ2) is 6.17. The summed E-state index contributed by atoms with van der Waals surface area (Å²) in [5.41, 5.74) is 1.17. The Bertz CT molecular complexity index is 961. The molecule has 136 valence electrons. The Kier molecular flexibility index (Phi) is 4.08. The highest BCUT2D eigenvalue weighted by molar-refractivity contribution is 7.91. The minimum Gasteiger partial charge on any atom is -0.497 e. The van der Waals surface area contributed by atoms with Crippen molar-refractivity contribution >= 4 is 38.8 Å². The van der Waals surface area contributed by atoms with E-state index in [1.807, 2.05) is 0 Å². The molecule has 0 unspecified atom stereocenters. The van der Waals surface area contributed by atoms with E-state index >= 15 is 0 Å². The number of anilines is 2. The van der Waals surface area contributed by atoms with Gasteiger partial charge in [-0.05, 0) is 36.4 Å². The molecule has 2 atom stereocenters. The van der Waals surface area contributed by atoms with Crippen molar-refractivity contribution in [2.24, 2.45) is 0 Å². The molecule has 2 heterocycles. The lowest BCUT2D eigenvalue weighted by molar-refractivity contribution is 0.255. The molecule has 2 fully saturated rings. The number of benzene rings is 2. The molecule has 2 aromatic rings. The van der Waals surface area contributed by atoms with Crippen LogP contribution in [0.15, 0.2) is 48.5 Å². The molecular weight excluding hydrogens is 376 g/mol. The molecular formula is C18H17ClN2O4S. The monoisotopic (exact) mass is 392 g/mol. The number of halogens is 1. The fourth-order valence-corrected chi connectivity index (χ4v) is 5.82. The number of fused-ring (bicyclic) bond motifs is 1. The Balaban J connectivity index is 1.80. The van der Waals surface area contributed by atoms with Crippen LogP contribution in [0.5, 0.6) is 5.75 Å². The van der Waals surface area contributed by atoms with Crippen LogP contribution in [-0.4, -0.2) is 45.1 Å². The minimum atomic E-state index is -3.24. The third-order valence-electron chi connectivity index (χ3n) is 4.83. The molecule has 0 bridgehead atoms. The second-order valence-electron chi connectivity index (χ2n) is 6.38. The highest BCUT2D eigenvalue weighted by Crippen LogP contribution is 2.40. The van der Waals surface area contributed by atoms with E-state index in [0.717, 1.165) is 0 Å². The lowest BCUT2D eigenvalue weighted by atomic mass is 10.1. The Hall–Kier alpha value is -2.25. The quantitative estimate of drug-likeness (QED) is 0.753. The van der Waals surface area contributed by atoms with Crippen LogP contribution in [0.25, 0.3) is 0 Å². The normalized spacial score (nSPS) is 24.0. The lowest BCUT2D eigenvalue weighted by Crippen LogP contribution is -2.38. The molecule has 2 aliphatic heterocycles. The summed E-state index contributed by atoms with van der Waals surface area (Å²) in [6.07, 6.45) is 0. The van der Waals surface area contributed by atoms with Crippen LogP contribution in [0.4, 0.5) is 16.2 Å². The van der Waals surface area contributed by atoms with Crippen molar-refractivity contribution < 1.29 is 17.9 Å². The maximum atomic E-state index is 13.2. The number of nitrogens with zero attached hydrogens (tertiary/aromatic N) is 2. The van der Waals surface area contributed by atoms with Gasteiger partial charge in [0.15, 0.2) is 9.84 Å². The SMILES string of the molecule is COc1ccc(N2C(=O)N(c3ccccc3Cl)[C@@H]3CS(=O)(=O)C[C@@H]32)cc1. The summed E-state index contributed by atoms with van der Waals surface area (Å²) in [7, 11) is -1.68. The number of urea groups is 1. The fourth-order valence-electron chi connectivity index (χ4n) is 3.68. The van der Waals surface area contributed by atoms with Crippen LogP contribution in [0, 0.1) is 0 Å². The van der Waals surface area contributed by atoms with Gasteiger partial charge in [0, 0.05) is 5.69 Å². The van der Waals surface area contributed by atoms with E-state index in [9.17, 15) is 13.2 Å². The van der Waals surface area contributed by atoms with E-state index in [1.165, 1.54) is 4.90 Å². The number of amides is 2. The number of hydrogen-bond donors (Lipinski definition) is 0. The molecule has 2 aliphatic rings. The molecule has 0 radical (unpaired) electrons. The summed E-state index contributed by atoms with van der Waals surface area (Å²) < 4.78 is 29.7. The molecule has 0 aliphatic carbocycles. The maximum Gasteiger partial charge on any atom is 0.329 e. The van der Waals surface area contributed by atoms with Gasteiger partial charge >= 0.3 is 6.03 Å². The van der Waals surface area contributed by atoms with Crippen molar-refractivity contribution in [3.05, 3.63) is 53.6 Å². The largest absolute Gasteiger partial charge is 0.497 e. The van der Waals surface area contributed by atoms with E-state index in [-0.39, 0.29) is 17.5 Å². The Morgan fingerprint density at radius 3 is 2.23 bits per heavy atom. The van der Waals surface area contributed by atoms with E-state index in [1.54, 1.807) is 60.5 Å². The Labute approximate surface area is 156 Å². The molecule has 0 aromatic heterocycles. The minimum absolute atomic E-state index is 0.0591. The van der Waals surface area contributed by atoms with Gasteiger partial charge in [-0.15, -0.1) is 0 Å². The van der Waals surface area contributed by atoms with Crippen molar-refractivity contribution in [1.29, 1.82) is 0 Å². The van der Waals surface area contributed by atoms with Crippen LogP contribution < -0.4 is 14.5 Å². The second-order valence-corrected chi connectivity index (χ2v) is 8.94. The van der Waals surface area contributed by atoms with Gasteiger partial charge in [0.25, 0.3) is 0 Å². The van der Waals surface area contributed by atoms with Gasteiger partial charge in [-0.3, -0.25) is 9.80 Å². The predicted molar refractivity (Wildman–Crippen MR) is 101 cm³/mol. The van der Waals surface area contributed by atoms with Gasteiger partial charge in [0.05, 0.1) is 41.4 Å². The number of carbonyl (C=O) groups is 1. The number of methoxy groups -OCH3 is 1. The average molecular weight is 393 g/mol. The zero-order valence-electron chi connectivity index (χ0n) is 14.0. The first-order valence-electron chi connectivity index (χ1n) is 8.13. The fraction of sp³-hybridized carbons (Fsp3) is 0.278. The van der Waals surface area contributed by atoms with Gasteiger partial charge in [-0.25, -0.2) is 13.2 Å². The molecule has 2 saturated heterocycles. The molecule has 2 amide bonds. The summed E-state index contributed by atoms with van der Waals surface area (Å²) in [6, 6.07) is 12.8. The Morgan fingerprint density at radius 2 is 1.62 bits per heavy atom. The molecule has 0 N–H and O–H groups in total. The van der Waals surface area contributed by atoms with Crippen LogP contribution in [0.2, 0.25) is 5.02 Å². The van der Waals surface area contributed by atoms with Gasteiger partial charge in [0.2, 0.25) is 0 Å². The van der Waals surface area contributed by atoms with Crippen molar-refractivity contribution in [2.75, 3.05) is 28.4 Å². The number of hydrogen-bond acceptors (Lipinski definition) is 4. The first-order valence-corrected chi connectivity index (χ1v) is 10.3. The number of sulfone groups is 1. The first kappa shape index (κ1) is 17.2. The molecule has 2 aromatic carbocycles. The van der Waals surface area contributed by atoms with Gasteiger partial charge < -0.3 is 4.74 Å². The van der Waals surface area contributed by atoms with E-state index in [4.69, 9.17) is 16.3 Å². The van der Waals surface area contributed by atoms with Gasteiger partial charge in [-0.2, -0.15) is 0 Å². The molecule has 8 heteroatoms. The van der Waals surface area contributed by atoms with Crippen molar-refractivity contribution in [3.8, 4) is 5.75 Å². The van der Waals surface area contributed by atoms with Gasteiger partial charge in [0.1, 0.15) is 5.75 Å². The van der Waals surface area contributed by atoms with Gasteiger partial charge in [-0.1, -0.05) is 23.7 Å². The third kappa shape index (κ3) is 2.71. The van der Waals surface area contributed by atoms with E-state index < -0.39 is 21.9 Å². The average Bonchev–Trinajstić information content (AvgIpc) is 3.05. The highest BCUT2D eigenvalue weighted by Gasteiger charge is 2.54. The van der Waals surface area contributed by atoms with Crippen LogP contribution in [-0.2, 0) is 9.84 Å². The number of ether oxygens (including phenoxy) is 1. The van der Waals surface area contributed by atoms with E-state index in [2.05, 4.69) is 0 Å². The summed E-state index contributed by atoms with van der Waals surface area (Å²) in [5.74, 6) is 0.538. The molecule has 0 spiro atoms. The molecule has 0 saturated carbocycles. The zero-order chi connectivity index (χ0) is 18.5. The molecule has 4 rings (SSSR count). The summed E-state index contributed by atoms with van der Waals surface area (Å²) >= 11 is 6.29. The van der Waals surface area contributed by atoms with E-state index in [0.29, 0.717) is 22.1 Å². The number of para-hydroxylation sites is 1. The highest BCUT2D eigenvalue weighted by atomic mass is 35.5. The Morgan fingerprint density at radius 1 is 1.00 bits per heavy atom. The summed E-state index contributed by atoms with van der Waals surface area (Å²) in [4.78, 5) is 16.3. The smallest absolute Gasteiger partial charge is 0.329 e.